The maximum atomic E-state index is 13.3. The number of thiazole rings is 1. The van der Waals surface area contributed by atoms with Crippen LogP contribution in [0.5, 0.6) is 0 Å². The van der Waals surface area contributed by atoms with Crippen LogP contribution in [0.2, 0.25) is 0 Å². The predicted octanol–water partition coefficient (Wildman–Crippen LogP) is 4.50. The SMILES string of the molecule is CC(=O)c1sc(NC(=O)N[C@@H]2CCN(C(=O)C3CC3)C[C@H]2CN2CCCC(Cc3ccc(F)cc3)C2)nc1C. The molecule has 0 bridgehead atoms. The molecule has 1 aromatic carbocycles. The van der Waals surface area contributed by atoms with E-state index in [0.717, 1.165) is 57.3 Å². The number of amides is 3. The van der Waals surface area contributed by atoms with E-state index in [0.29, 0.717) is 41.1 Å². The lowest BCUT2D eigenvalue weighted by molar-refractivity contribution is -0.134. The average molecular weight is 556 g/mol. The van der Waals surface area contributed by atoms with Gasteiger partial charge in [0.1, 0.15) is 5.82 Å². The van der Waals surface area contributed by atoms with Gasteiger partial charge in [-0.25, -0.2) is 14.2 Å². The lowest BCUT2D eigenvalue weighted by Crippen LogP contribution is -2.56. The van der Waals surface area contributed by atoms with Crippen molar-refractivity contribution in [1.82, 2.24) is 20.1 Å². The van der Waals surface area contributed by atoms with Gasteiger partial charge in [0.15, 0.2) is 10.9 Å². The molecule has 0 radical (unpaired) electrons. The number of piperidine rings is 2. The van der Waals surface area contributed by atoms with Crippen LogP contribution in [0.1, 0.15) is 60.0 Å². The maximum absolute atomic E-state index is 13.3. The van der Waals surface area contributed by atoms with Crippen LogP contribution in [-0.4, -0.2) is 71.3 Å². The first-order valence-electron chi connectivity index (χ1n) is 14.1. The van der Waals surface area contributed by atoms with Crippen molar-refractivity contribution in [2.24, 2.45) is 17.8 Å². The maximum Gasteiger partial charge on any atom is 0.321 e. The Morgan fingerprint density at radius 3 is 2.54 bits per heavy atom. The van der Waals surface area contributed by atoms with E-state index in [1.54, 1.807) is 6.92 Å². The van der Waals surface area contributed by atoms with Crippen molar-refractivity contribution in [3.63, 3.8) is 0 Å². The minimum atomic E-state index is -0.330. The summed E-state index contributed by atoms with van der Waals surface area (Å²) in [6, 6.07) is 6.40. The van der Waals surface area contributed by atoms with Crippen LogP contribution in [0, 0.1) is 30.5 Å². The van der Waals surface area contributed by atoms with Gasteiger partial charge in [0.05, 0.1) is 10.6 Å². The summed E-state index contributed by atoms with van der Waals surface area (Å²) in [6.07, 6.45) is 5.84. The van der Waals surface area contributed by atoms with Crippen LogP contribution in [0.15, 0.2) is 24.3 Å². The minimum Gasteiger partial charge on any atom is -0.342 e. The van der Waals surface area contributed by atoms with E-state index >= 15 is 0 Å². The molecule has 10 heteroatoms. The molecular formula is C29H38FN5O3S. The molecule has 1 aliphatic carbocycles. The number of nitrogens with one attached hydrogen (secondary N) is 2. The number of benzene rings is 1. The van der Waals surface area contributed by atoms with Crippen molar-refractivity contribution in [2.75, 3.05) is 38.0 Å². The smallest absolute Gasteiger partial charge is 0.321 e. The summed E-state index contributed by atoms with van der Waals surface area (Å²) < 4.78 is 13.3. The Kier molecular flexibility index (Phi) is 8.61. The third kappa shape index (κ3) is 7.22. The molecule has 1 saturated carbocycles. The van der Waals surface area contributed by atoms with E-state index in [-0.39, 0.29) is 41.4 Å². The molecule has 3 aliphatic rings. The Hall–Kier alpha value is -2.85. The Balaban J connectivity index is 1.22. The number of likely N-dealkylation sites (tertiary alicyclic amines) is 2. The highest BCUT2D eigenvalue weighted by atomic mass is 32.1. The van der Waals surface area contributed by atoms with Gasteiger partial charge in [-0.3, -0.25) is 14.9 Å². The van der Waals surface area contributed by atoms with Gasteiger partial charge in [-0.15, -0.1) is 0 Å². The fourth-order valence-corrected chi connectivity index (χ4v) is 6.90. The van der Waals surface area contributed by atoms with Crippen LogP contribution < -0.4 is 10.6 Å². The molecule has 2 aliphatic heterocycles. The van der Waals surface area contributed by atoms with Gasteiger partial charge in [-0.2, -0.15) is 0 Å². The summed E-state index contributed by atoms with van der Waals surface area (Å²) in [5, 5.41) is 6.38. The summed E-state index contributed by atoms with van der Waals surface area (Å²) in [4.78, 5) is 47.0. The van der Waals surface area contributed by atoms with E-state index in [1.807, 2.05) is 17.0 Å². The average Bonchev–Trinajstić information content (AvgIpc) is 3.68. The van der Waals surface area contributed by atoms with Crippen molar-refractivity contribution < 1.29 is 18.8 Å². The van der Waals surface area contributed by atoms with Crippen LogP contribution in [0.25, 0.3) is 0 Å². The topological polar surface area (TPSA) is 94.6 Å². The van der Waals surface area contributed by atoms with Crippen LogP contribution in [-0.2, 0) is 11.2 Å². The number of hydrogen-bond acceptors (Lipinski definition) is 6. The minimum absolute atomic E-state index is 0.0644. The van der Waals surface area contributed by atoms with E-state index in [1.165, 1.54) is 30.4 Å². The largest absolute Gasteiger partial charge is 0.342 e. The fourth-order valence-electron chi connectivity index (χ4n) is 6.04. The lowest BCUT2D eigenvalue weighted by atomic mass is 9.88. The molecule has 5 rings (SSSR count). The number of carbonyl (C=O) groups excluding carboxylic acids is 3. The standard InChI is InChI=1S/C29H38FN5O3S/c1-18-26(19(2)36)39-29(31-18)33-28(38)32-25-11-13-35(27(37)22-7-8-22)17-23(25)16-34-12-3-4-21(15-34)14-20-5-9-24(30)10-6-20/h5-6,9-10,21-23,25H,3-4,7-8,11-17H2,1-2H3,(H2,31,32,33,38)/t21?,23-,25-/m1/s1. The van der Waals surface area contributed by atoms with Gasteiger partial charge in [0, 0.05) is 51.0 Å². The van der Waals surface area contributed by atoms with Crippen molar-refractivity contribution in [3.8, 4) is 0 Å². The van der Waals surface area contributed by atoms with Crippen LogP contribution in [0.4, 0.5) is 14.3 Å². The normalized spacial score (nSPS) is 23.9. The molecule has 2 saturated heterocycles. The van der Waals surface area contributed by atoms with Gasteiger partial charge in [0.25, 0.3) is 0 Å². The number of urea groups is 1. The first-order chi connectivity index (χ1) is 18.7. The zero-order valence-corrected chi connectivity index (χ0v) is 23.6. The Labute approximate surface area is 233 Å². The van der Waals surface area contributed by atoms with E-state index < -0.39 is 0 Å². The first kappa shape index (κ1) is 27.7. The molecule has 8 nitrogen and oxygen atoms in total. The number of carbonyl (C=O) groups is 3. The number of Topliss-reactive ketones (excluding diaryl/α,β-unsaturated/α-hetero) is 1. The Bertz CT molecular complexity index is 1200. The number of nitrogens with zero attached hydrogens (tertiary/aromatic N) is 3. The molecule has 3 heterocycles. The third-order valence-corrected chi connectivity index (χ3v) is 9.33. The second-order valence-electron chi connectivity index (χ2n) is 11.4. The molecule has 3 fully saturated rings. The van der Waals surface area contributed by atoms with E-state index in [2.05, 4.69) is 20.5 Å². The number of halogens is 1. The first-order valence-corrected chi connectivity index (χ1v) is 14.9. The highest BCUT2D eigenvalue weighted by molar-refractivity contribution is 7.17. The Morgan fingerprint density at radius 1 is 1.08 bits per heavy atom. The number of anilines is 1. The second kappa shape index (κ2) is 12.1. The summed E-state index contributed by atoms with van der Waals surface area (Å²) in [7, 11) is 0. The lowest BCUT2D eigenvalue weighted by Gasteiger charge is -2.42. The van der Waals surface area contributed by atoms with Gasteiger partial charge in [0.2, 0.25) is 5.91 Å². The zero-order chi connectivity index (χ0) is 27.5. The molecule has 1 unspecified atom stereocenters. The van der Waals surface area contributed by atoms with Crippen molar-refractivity contribution in [2.45, 2.75) is 58.4 Å². The van der Waals surface area contributed by atoms with E-state index in [4.69, 9.17) is 0 Å². The summed E-state index contributed by atoms with van der Waals surface area (Å²) in [5.41, 5.74) is 1.77. The summed E-state index contributed by atoms with van der Waals surface area (Å²) in [6.45, 7) is 7.31. The van der Waals surface area contributed by atoms with Gasteiger partial charge in [-0.05, 0) is 75.6 Å². The number of aryl methyl sites for hydroxylation is 1. The molecular weight excluding hydrogens is 517 g/mol. The predicted molar refractivity (Wildman–Crippen MR) is 149 cm³/mol. The number of hydrogen-bond donors (Lipinski definition) is 2. The Morgan fingerprint density at radius 2 is 1.85 bits per heavy atom. The zero-order valence-electron chi connectivity index (χ0n) is 22.7. The van der Waals surface area contributed by atoms with Gasteiger partial charge in [-0.1, -0.05) is 23.5 Å². The van der Waals surface area contributed by atoms with Gasteiger partial charge < -0.3 is 15.1 Å². The quantitative estimate of drug-likeness (QED) is 0.468. The highest BCUT2D eigenvalue weighted by Gasteiger charge is 2.39. The molecule has 3 amide bonds. The monoisotopic (exact) mass is 555 g/mol. The number of aromatic nitrogens is 1. The third-order valence-electron chi connectivity index (χ3n) is 8.16. The number of ketones is 1. The number of rotatable bonds is 8. The second-order valence-corrected chi connectivity index (χ2v) is 12.4. The van der Waals surface area contributed by atoms with Crippen LogP contribution >= 0.6 is 11.3 Å². The van der Waals surface area contributed by atoms with Crippen molar-refractivity contribution >= 4 is 34.2 Å². The summed E-state index contributed by atoms with van der Waals surface area (Å²) in [5.74, 6) is 0.768. The van der Waals surface area contributed by atoms with Crippen molar-refractivity contribution in [1.29, 1.82) is 0 Å². The highest BCUT2D eigenvalue weighted by Crippen LogP contribution is 2.33. The molecule has 210 valence electrons. The molecule has 0 spiro atoms. The molecule has 2 N–H and O–H groups in total. The molecule has 1 aromatic heterocycles. The van der Waals surface area contributed by atoms with E-state index in [9.17, 15) is 18.8 Å². The molecule has 39 heavy (non-hydrogen) atoms. The molecule has 2 aromatic rings. The fraction of sp³-hybridized carbons (Fsp3) is 0.586. The van der Waals surface area contributed by atoms with Gasteiger partial charge >= 0.3 is 6.03 Å². The van der Waals surface area contributed by atoms with Crippen LogP contribution in [0.3, 0.4) is 0 Å². The molecule has 3 atom stereocenters. The van der Waals surface area contributed by atoms with Crippen molar-refractivity contribution in [3.05, 3.63) is 46.2 Å². The summed E-state index contributed by atoms with van der Waals surface area (Å²) >= 11 is 1.19.